The minimum atomic E-state index is -0.305. The molecule has 2 amide bonds. The molecule has 3 heterocycles. The summed E-state index contributed by atoms with van der Waals surface area (Å²) in [7, 11) is 0. The number of esters is 1. The maximum Gasteiger partial charge on any atom is 0.338 e. The first-order valence-corrected chi connectivity index (χ1v) is 8.40. The molecule has 1 aromatic heterocycles. The summed E-state index contributed by atoms with van der Waals surface area (Å²) in [5.41, 5.74) is 4.17. The lowest BCUT2D eigenvalue weighted by atomic mass is 10.1. The SMILES string of the molecule is Cc1cc(C)n([C@@H]2CCN(C(=O)Nc3ccc4c(c3)COC4=O)C2)n1. The van der Waals surface area contributed by atoms with E-state index in [0.717, 1.165) is 23.4 Å². The van der Waals surface area contributed by atoms with Crippen LogP contribution >= 0.6 is 0 Å². The lowest BCUT2D eigenvalue weighted by molar-refractivity contribution is 0.0535. The molecule has 0 radical (unpaired) electrons. The van der Waals surface area contributed by atoms with E-state index in [1.54, 1.807) is 23.1 Å². The molecule has 1 aromatic carbocycles. The van der Waals surface area contributed by atoms with Crippen molar-refractivity contribution in [2.75, 3.05) is 18.4 Å². The van der Waals surface area contributed by atoms with Crippen LogP contribution in [0.2, 0.25) is 0 Å². The first kappa shape index (κ1) is 15.7. The van der Waals surface area contributed by atoms with Gasteiger partial charge in [-0.25, -0.2) is 9.59 Å². The highest BCUT2D eigenvalue weighted by molar-refractivity contribution is 5.95. The van der Waals surface area contributed by atoms with Crippen molar-refractivity contribution in [3.8, 4) is 0 Å². The predicted octanol–water partition coefficient (Wildman–Crippen LogP) is 2.65. The summed E-state index contributed by atoms with van der Waals surface area (Å²) >= 11 is 0. The fourth-order valence-corrected chi connectivity index (χ4v) is 3.56. The van der Waals surface area contributed by atoms with Gasteiger partial charge in [0.15, 0.2) is 0 Å². The second-order valence-corrected chi connectivity index (χ2v) is 6.64. The highest BCUT2D eigenvalue weighted by Gasteiger charge is 2.29. The molecule has 2 aromatic rings. The molecule has 1 atom stereocenters. The number of carbonyl (C=O) groups excluding carboxylic acids is 2. The van der Waals surface area contributed by atoms with Crippen molar-refractivity contribution in [3.05, 3.63) is 46.8 Å². The molecular formula is C18H20N4O3. The van der Waals surface area contributed by atoms with Crippen molar-refractivity contribution in [1.29, 1.82) is 0 Å². The number of ether oxygens (including phenoxy) is 1. The largest absolute Gasteiger partial charge is 0.457 e. The highest BCUT2D eigenvalue weighted by Crippen LogP contribution is 2.26. The number of cyclic esters (lactones) is 1. The Labute approximate surface area is 145 Å². The summed E-state index contributed by atoms with van der Waals surface area (Å²) in [6.45, 7) is 5.62. The molecule has 0 aliphatic carbocycles. The molecule has 130 valence electrons. The van der Waals surface area contributed by atoms with Crippen molar-refractivity contribution in [3.63, 3.8) is 0 Å². The van der Waals surface area contributed by atoms with Crippen LogP contribution in [-0.4, -0.2) is 39.8 Å². The molecule has 0 unspecified atom stereocenters. The number of carbonyl (C=O) groups is 2. The Hall–Kier alpha value is -2.83. The summed E-state index contributed by atoms with van der Waals surface area (Å²) in [5.74, 6) is -0.305. The van der Waals surface area contributed by atoms with Gasteiger partial charge in [0.05, 0.1) is 17.3 Å². The zero-order chi connectivity index (χ0) is 17.6. The topological polar surface area (TPSA) is 76.5 Å². The zero-order valence-corrected chi connectivity index (χ0v) is 14.3. The molecule has 1 fully saturated rings. The number of rotatable bonds is 2. The molecule has 2 aliphatic heterocycles. The van der Waals surface area contributed by atoms with E-state index in [9.17, 15) is 9.59 Å². The molecule has 1 saturated heterocycles. The van der Waals surface area contributed by atoms with E-state index in [4.69, 9.17) is 4.74 Å². The first-order chi connectivity index (χ1) is 12.0. The van der Waals surface area contributed by atoms with E-state index in [0.29, 0.717) is 24.3 Å². The Balaban J connectivity index is 1.42. The van der Waals surface area contributed by atoms with E-state index in [1.165, 1.54) is 0 Å². The van der Waals surface area contributed by atoms with Crippen molar-refractivity contribution < 1.29 is 14.3 Å². The second-order valence-electron chi connectivity index (χ2n) is 6.64. The minimum absolute atomic E-state index is 0.130. The van der Waals surface area contributed by atoms with Crippen LogP contribution in [-0.2, 0) is 11.3 Å². The van der Waals surface area contributed by atoms with Gasteiger partial charge in [0.1, 0.15) is 6.61 Å². The molecular weight excluding hydrogens is 320 g/mol. The van der Waals surface area contributed by atoms with Crippen LogP contribution in [0, 0.1) is 13.8 Å². The molecule has 4 rings (SSSR count). The van der Waals surface area contributed by atoms with Crippen LogP contribution in [0.3, 0.4) is 0 Å². The summed E-state index contributed by atoms with van der Waals surface area (Å²) < 4.78 is 7.00. The van der Waals surface area contributed by atoms with Gasteiger partial charge in [-0.15, -0.1) is 0 Å². The number of fused-ring (bicyclic) bond motifs is 1. The predicted molar refractivity (Wildman–Crippen MR) is 91.5 cm³/mol. The standard InChI is InChI=1S/C18H20N4O3/c1-11-7-12(2)22(20-11)15-5-6-21(9-15)18(24)19-14-3-4-16-13(8-14)10-25-17(16)23/h3-4,7-8,15H,5-6,9-10H2,1-2H3,(H,19,24)/t15-/m1/s1. The third kappa shape index (κ3) is 2.86. The number of urea groups is 1. The van der Waals surface area contributed by atoms with Crippen LogP contribution in [0.1, 0.15) is 39.8 Å². The Kier molecular flexibility index (Phi) is 3.71. The van der Waals surface area contributed by atoms with Crippen molar-refractivity contribution in [2.24, 2.45) is 0 Å². The van der Waals surface area contributed by atoms with E-state index in [1.807, 2.05) is 18.5 Å². The lowest BCUT2D eigenvalue weighted by Crippen LogP contribution is -2.33. The molecule has 7 nitrogen and oxygen atoms in total. The number of hydrogen-bond donors (Lipinski definition) is 1. The fraction of sp³-hybridized carbons (Fsp3) is 0.389. The number of benzene rings is 1. The molecule has 7 heteroatoms. The molecule has 2 aliphatic rings. The molecule has 0 saturated carbocycles. The van der Waals surface area contributed by atoms with Crippen molar-refractivity contribution in [2.45, 2.75) is 32.9 Å². The minimum Gasteiger partial charge on any atom is -0.457 e. The maximum absolute atomic E-state index is 12.5. The average molecular weight is 340 g/mol. The molecule has 0 spiro atoms. The van der Waals surface area contributed by atoms with Gasteiger partial charge in [-0.1, -0.05) is 0 Å². The Bertz CT molecular complexity index is 858. The number of aromatic nitrogens is 2. The normalized spacial score (nSPS) is 19.0. The van der Waals surface area contributed by atoms with Gasteiger partial charge < -0.3 is 15.0 Å². The van der Waals surface area contributed by atoms with Crippen LogP contribution in [0.4, 0.5) is 10.5 Å². The number of amides is 2. The van der Waals surface area contributed by atoms with Crippen molar-refractivity contribution >= 4 is 17.7 Å². The molecule has 0 bridgehead atoms. The second kappa shape index (κ2) is 5.91. The van der Waals surface area contributed by atoms with E-state index in [-0.39, 0.29) is 24.6 Å². The smallest absolute Gasteiger partial charge is 0.338 e. The Morgan fingerprint density at radius 3 is 2.92 bits per heavy atom. The number of hydrogen-bond acceptors (Lipinski definition) is 4. The Morgan fingerprint density at radius 1 is 1.32 bits per heavy atom. The number of anilines is 1. The third-order valence-electron chi connectivity index (χ3n) is 4.78. The summed E-state index contributed by atoms with van der Waals surface area (Å²) in [6, 6.07) is 7.36. The van der Waals surface area contributed by atoms with Gasteiger partial charge in [0, 0.05) is 30.0 Å². The number of likely N-dealkylation sites (tertiary alicyclic amines) is 1. The summed E-state index contributed by atoms with van der Waals surface area (Å²) in [6.07, 6.45) is 0.891. The maximum atomic E-state index is 12.5. The van der Waals surface area contributed by atoms with Gasteiger partial charge in [0.2, 0.25) is 0 Å². The summed E-state index contributed by atoms with van der Waals surface area (Å²) in [4.78, 5) is 25.8. The van der Waals surface area contributed by atoms with Gasteiger partial charge in [-0.05, 0) is 44.5 Å². The van der Waals surface area contributed by atoms with Gasteiger partial charge in [-0.3, -0.25) is 4.68 Å². The first-order valence-electron chi connectivity index (χ1n) is 8.40. The molecule has 1 N–H and O–H groups in total. The van der Waals surface area contributed by atoms with E-state index >= 15 is 0 Å². The highest BCUT2D eigenvalue weighted by atomic mass is 16.5. The monoisotopic (exact) mass is 340 g/mol. The number of nitrogens with one attached hydrogen (secondary N) is 1. The number of nitrogens with zero attached hydrogens (tertiary/aromatic N) is 3. The molecule has 25 heavy (non-hydrogen) atoms. The van der Waals surface area contributed by atoms with Gasteiger partial charge in [-0.2, -0.15) is 5.10 Å². The number of aryl methyl sites for hydroxylation is 2. The quantitative estimate of drug-likeness (QED) is 0.853. The van der Waals surface area contributed by atoms with E-state index in [2.05, 4.69) is 16.5 Å². The summed E-state index contributed by atoms with van der Waals surface area (Å²) in [5, 5.41) is 7.44. The zero-order valence-electron chi connectivity index (χ0n) is 14.3. The van der Waals surface area contributed by atoms with Crippen LogP contribution < -0.4 is 5.32 Å². The van der Waals surface area contributed by atoms with Gasteiger partial charge >= 0.3 is 12.0 Å². The van der Waals surface area contributed by atoms with Crippen LogP contribution in [0.25, 0.3) is 0 Å². The Morgan fingerprint density at radius 2 is 2.16 bits per heavy atom. The van der Waals surface area contributed by atoms with Gasteiger partial charge in [0.25, 0.3) is 0 Å². The van der Waals surface area contributed by atoms with E-state index < -0.39 is 0 Å². The third-order valence-corrected chi connectivity index (χ3v) is 4.78. The van der Waals surface area contributed by atoms with Crippen LogP contribution in [0.15, 0.2) is 24.3 Å². The van der Waals surface area contributed by atoms with Crippen LogP contribution in [0.5, 0.6) is 0 Å². The lowest BCUT2D eigenvalue weighted by Gasteiger charge is -2.18. The fourth-order valence-electron chi connectivity index (χ4n) is 3.56. The average Bonchev–Trinajstić information content (AvgIpc) is 3.27. The van der Waals surface area contributed by atoms with Crippen molar-refractivity contribution in [1.82, 2.24) is 14.7 Å².